The van der Waals surface area contributed by atoms with E-state index in [1.165, 1.54) is 24.1 Å². The van der Waals surface area contributed by atoms with Crippen molar-refractivity contribution in [2.45, 2.75) is 12.8 Å². The number of nitrogens with one attached hydrogen (secondary N) is 1. The quantitative estimate of drug-likeness (QED) is 0.821. The summed E-state index contributed by atoms with van der Waals surface area (Å²) < 4.78 is 13.1. The maximum atomic E-state index is 13.1. The Balaban J connectivity index is 2.13. The van der Waals surface area contributed by atoms with E-state index in [2.05, 4.69) is 5.32 Å². The molecule has 1 N–H and O–H groups in total. The molecule has 0 radical (unpaired) electrons. The van der Waals surface area contributed by atoms with Gasteiger partial charge < -0.3 is 10.2 Å². The number of Topliss-reactive ketones (excluding diaryl/α,β-unsaturated/α-hetero) is 1. The van der Waals surface area contributed by atoms with E-state index in [4.69, 9.17) is 0 Å². The third-order valence-electron chi connectivity index (χ3n) is 3.00. The minimum Gasteiger partial charge on any atom is -0.359 e. The van der Waals surface area contributed by atoms with Crippen LogP contribution in [0.25, 0.3) is 0 Å². The number of anilines is 1. The van der Waals surface area contributed by atoms with E-state index in [0.29, 0.717) is 12.1 Å². The number of carbonyl (C=O) groups excluding carboxylic acids is 3. The first-order valence-electron chi connectivity index (χ1n) is 5.91. The Labute approximate surface area is 109 Å². The highest BCUT2D eigenvalue weighted by Gasteiger charge is 2.35. The van der Waals surface area contributed by atoms with E-state index in [1.54, 1.807) is 0 Å². The van der Waals surface area contributed by atoms with Crippen molar-refractivity contribution in [3.05, 3.63) is 29.6 Å². The third-order valence-corrected chi connectivity index (χ3v) is 3.00. The van der Waals surface area contributed by atoms with Crippen molar-refractivity contribution in [1.29, 1.82) is 0 Å². The first-order valence-corrected chi connectivity index (χ1v) is 5.91. The van der Waals surface area contributed by atoms with Crippen LogP contribution in [-0.4, -0.2) is 31.2 Å². The Morgan fingerprint density at radius 1 is 1.37 bits per heavy atom. The average Bonchev–Trinajstić information content (AvgIpc) is 2.63. The van der Waals surface area contributed by atoms with Gasteiger partial charge in [0.25, 0.3) is 11.7 Å². The van der Waals surface area contributed by atoms with Crippen LogP contribution in [0.15, 0.2) is 18.2 Å². The summed E-state index contributed by atoms with van der Waals surface area (Å²) >= 11 is 0. The number of fused-ring (bicyclic) bond motifs is 1. The summed E-state index contributed by atoms with van der Waals surface area (Å²) in [7, 11) is 1.53. The molecule has 0 atom stereocenters. The van der Waals surface area contributed by atoms with Crippen LogP contribution >= 0.6 is 0 Å². The first-order chi connectivity index (χ1) is 9.04. The molecule has 0 aliphatic carbocycles. The molecule has 0 spiro atoms. The van der Waals surface area contributed by atoms with Crippen molar-refractivity contribution in [2.75, 3.05) is 18.5 Å². The molecule has 19 heavy (non-hydrogen) atoms. The predicted molar refractivity (Wildman–Crippen MR) is 66.4 cm³/mol. The number of amides is 2. The van der Waals surface area contributed by atoms with Crippen molar-refractivity contribution in [3.63, 3.8) is 0 Å². The Kier molecular flexibility index (Phi) is 3.59. The second-order valence-corrected chi connectivity index (χ2v) is 4.22. The minimum atomic E-state index is -0.700. The highest BCUT2D eigenvalue weighted by Crippen LogP contribution is 2.29. The molecular formula is C13H13FN2O3. The second-order valence-electron chi connectivity index (χ2n) is 4.22. The Morgan fingerprint density at radius 3 is 2.79 bits per heavy atom. The molecule has 0 fully saturated rings. The maximum Gasteiger partial charge on any atom is 0.299 e. The van der Waals surface area contributed by atoms with E-state index in [-0.39, 0.29) is 24.4 Å². The summed E-state index contributed by atoms with van der Waals surface area (Å²) in [6.07, 6.45) is 0.709. The van der Waals surface area contributed by atoms with Gasteiger partial charge in [-0.3, -0.25) is 14.4 Å². The third kappa shape index (κ3) is 2.47. The number of hydrogen-bond acceptors (Lipinski definition) is 3. The molecule has 5 nitrogen and oxygen atoms in total. The summed E-state index contributed by atoms with van der Waals surface area (Å²) in [6, 6.07) is 3.68. The lowest BCUT2D eigenvalue weighted by Gasteiger charge is -2.15. The minimum absolute atomic E-state index is 0.0879. The van der Waals surface area contributed by atoms with Crippen LogP contribution in [0.4, 0.5) is 10.1 Å². The number of nitrogens with zero attached hydrogens (tertiary/aromatic N) is 1. The van der Waals surface area contributed by atoms with Crippen LogP contribution in [-0.2, 0) is 9.59 Å². The summed E-state index contributed by atoms with van der Waals surface area (Å²) in [5.41, 5.74) is 0.498. The van der Waals surface area contributed by atoms with Crippen molar-refractivity contribution in [2.24, 2.45) is 0 Å². The van der Waals surface area contributed by atoms with Gasteiger partial charge in [0.1, 0.15) is 5.82 Å². The molecule has 1 aliphatic heterocycles. The lowest BCUT2D eigenvalue weighted by atomic mass is 10.1. The normalized spacial score (nSPS) is 13.7. The number of halogens is 1. The van der Waals surface area contributed by atoms with Gasteiger partial charge in [0, 0.05) is 20.0 Å². The van der Waals surface area contributed by atoms with Crippen molar-refractivity contribution in [3.8, 4) is 0 Å². The number of rotatable bonds is 4. The fourth-order valence-electron chi connectivity index (χ4n) is 2.02. The molecule has 0 unspecified atom stereocenters. The predicted octanol–water partition coefficient (Wildman–Crippen LogP) is 0.881. The lowest BCUT2D eigenvalue weighted by molar-refractivity contribution is -0.121. The van der Waals surface area contributed by atoms with Crippen LogP contribution in [0, 0.1) is 5.82 Å². The summed E-state index contributed by atoms with van der Waals surface area (Å²) in [5.74, 6) is -2.05. The molecular weight excluding hydrogens is 251 g/mol. The zero-order valence-corrected chi connectivity index (χ0v) is 10.4. The molecule has 100 valence electrons. The van der Waals surface area contributed by atoms with Crippen LogP contribution in [0.2, 0.25) is 0 Å². The zero-order chi connectivity index (χ0) is 14.0. The van der Waals surface area contributed by atoms with Crippen molar-refractivity contribution in [1.82, 2.24) is 5.32 Å². The number of ketones is 1. The molecule has 1 aliphatic rings. The van der Waals surface area contributed by atoms with E-state index in [0.717, 1.165) is 6.07 Å². The first kappa shape index (κ1) is 13.2. The standard InChI is InChI=1S/C13H13FN2O3/c1-15-11(17)3-2-6-16-10-5-4-8(14)7-9(10)12(18)13(16)19/h4-5,7H,2-3,6H2,1H3,(H,15,17). The molecule has 0 bridgehead atoms. The van der Waals surface area contributed by atoms with Crippen LogP contribution in [0.5, 0.6) is 0 Å². The molecule has 1 heterocycles. The number of hydrogen-bond donors (Lipinski definition) is 1. The van der Waals surface area contributed by atoms with Gasteiger partial charge >= 0.3 is 0 Å². The lowest BCUT2D eigenvalue weighted by Crippen LogP contribution is -2.31. The molecule has 1 aromatic carbocycles. The number of benzene rings is 1. The van der Waals surface area contributed by atoms with Crippen LogP contribution in [0.3, 0.4) is 0 Å². The van der Waals surface area contributed by atoms with E-state index < -0.39 is 17.5 Å². The fourth-order valence-corrected chi connectivity index (χ4v) is 2.02. The molecule has 0 saturated heterocycles. The van der Waals surface area contributed by atoms with Gasteiger partial charge in [-0.25, -0.2) is 4.39 Å². The van der Waals surface area contributed by atoms with Gasteiger partial charge in [-0.2, -0.15) is 0 Å². The largest absolute Gasteiger partial charge is 0.359 e. The molecule has 2 rings (SSSR count). The van der Waals surface area contributed by atoms with E-state index >= 15 is 0 Å². The fraction of sp³-hybridized carbons (Fsp3) is 0.308. The van der Waals surface area contributed by atoms with Gasteiger partial charge in [0.15, 0.2) is 0 Å². The summed E-state index contributed by atoms with van der Waals surface area (Å²) in [4.78, 5) is 35.8. The van der Waals surface area contributed by atoms with Gasteiger partial charge in [0.05, 0.1) is 11.3 Å². The van der Waals surface area contributed by atoms with Gasteiger partial charge in [0.2, 0.25) is 5.91 Å². The van der Waals surface area contributed by atoms with Crippen molar-refractivity contribution < 1.29 is 18.8 Å². The zero-order valence-electron chi connectivity index (χ0n) is 10.4. The highest BCUT2D eigenvalue weighted by molar-refractivity contribution is 6.52. The summed E-state index contributed by atoms with van der Waals surface area (Å²) in [6.45, 7) is 0.261. The Hall–Kier alpha value is -2.24. The van der Waals surface area contributed by atoms with Gasteiger partial charge in [-0.15, -0.1) is 0 Å². The smallest absolute Gasteiger partial charge is 0.299 e. The monoisotopic (exact) mass is 264 g/mol. The average molecular weight is 264 g/mol. The van der Waals surface area contributed by atoms with Gasteiger partial charge in [-0.05, 0) is 24.6 Å². The van der Waals surface area contributed by atoms with Crippen LogP contribution in [0.1, 0.15) is 23.2 Å². The molecule has 6 heteroatoms. The second kappa shape index (κ2) is 5.17. The summed E-state index contributed by atoms with van der Waals surface area (Å²) in [5, 5.41) is 2.48. The molecule has 1 aromatic rings. The Morgan fingerprint density at radius 2 is 2.11 bits per heavy atom. The molecule has 2 amide bonds. The van der Waals surface area contributed by atoms with Crippen LogP contribution < -0.4 is 10.2 Å². The topological polar surface area (TPSA) is 66.5 Å². The van der Waals surface area contributed by atoms with E-state index in [1.807, 2.05) is 0 Å². The van der Waals surface area contributed by atoms with Crippen molar-refractivity contribution >= 4 is 23.3 Å². The van der Waals surface area contributed by atoms with E-state index in [9.17, 15) is 18.8 Å². The van der Waals surface area contributed by atoms with Gasteiger partial charge in [-0.1, -0.05) is 0 Å². The highest BCUT2D eigenvalue weighted by atomic mass is 19.1. The Bertz CT molecular complexity index is 557. The molecule has 0 aromatic heterocycles. The maximum absolute atomic E-state index is 13.1. The molecule has 0 saturated carbocycles. The number of carbonyl (C=O) groups is 3. The SMILES string of the molecule is CNC(=O)CCCN1C(=O)C(=O)c2cc(F)ccc21.